The van der Waals surface area contributed by atoms with Crippen LogP contribution in [0.1, 0.15) is 83.1 Å². The van der Waals surface area contributed by atoms with Crippen molar-refractivity contribution < 1.29 is 5.11 Å². The summed E-state index contributed by atoms with van der Waals surface area (Å²) in [5, 5.41) is 9.78. The summed E-state index contributed by atoms with van der Waals surface area (Å²) in [4.78, 5) is 0. The number of phenolic OH excluding ortho intramolecular Hbond substituents is 1. The molecule has 1 fully saturated rings. The van der Waals surface area contributed by atoms with E-state index in [1.165, 1.54) is 70.6 Å². The van der Waals surface area contributed by atoms with Gasteiger partial charge in [0.1, 0.15) is 5.75 Å². The molecule has 1 aliphatic carbocycles. The molecule has 1 nitrogen and oxygen atoms in total. The van der Waals surface area contributed by atoms with Crippen molar-refractivity contribution in [3.05, 3.63) is 29.8 Å². The molecule has 0 spiro atoms. The molecule has 1 heteroatoms. The average Bonchev–Trinajstić information content (AvgIpc) is 2.55. The van der Waals surface area contributed by atoms with Crippen LogP contribution in [0.5, 0.6) is 5.75 Å². The number of hydrogen-bond donors (Lipinski definition) is 1. The SMILES string of the molecule is CCCCCC1CCC(CCCCc2ccccc2O)CC1. The lowest BCUT2D eigenvalue weighted by atomic mass is 9.78. The zero-order chi connectivity index (χ0) is 15.6. The Bertz CT molecular complexity index is 404. The summed E-state index contributed by atoms with van der Waals surface area (Å²) in [6, 6.07) is 7.78. The van der Waals surface area contributed by atoms with Gasteiger partial charge in [0.15, 0.2) is 0 Å². The highest BCUT2D eigenvalue weighted by Crippen LogP contribution is 2.34. The molecule has 1 aromatic rings. The molecule has 2 rings (SSSR count). The van der Waals surface area contributed by atoms with Crippen LogP contribution >= 0.6 is 0 Å². The number of phenols is 1. The van der Waals surface area contributed by atoms with Gasteiger partial charge in [0, 0.05) is 0 Å². The molecule has 22 heavy (non-hydrogen) atoms. The number of unbranched alkanes of at least 4 members (excludes halogenated alkanes) is 3. The van der Waals surface area contributed by atoms with E-state index >= 15 is 0 Å². The van der Waals surface area contributed by atoms with E-state index in [0.29, 0.717) is 5.75 Å². The third kappa shape index (κ3) is 6.02. The second-order valence-corrected chi connectivity index (χ2v) is 7.26. The molecule has 0 radical (unpaired) electrons. The second kappa shape index (κ2) is 9.92. The van der Waals surface area contributed by atoms with Crippen LogP contribution in [0.15, 0.2) is 24.3 Å². The van der Waals surface area contributed by atoms with Crippen LogP contribution in [-0.4, -0.2) is 5.11 Å². The first-order chi connectivity index (χ1) is 10.8. The second-order valence-electron chi connectivity index (χ2n) is 7.26. The van der Waals surface area contributed by atoms with Gasteiger partial charge in [-0.3, -0.25) is 0 Å². The normalized spacial score (nSPS) is 21.9. The van der Waals surface area contributed by atoms with E-state index < -0.39 is 0 Å². The summed E-state index contributed by atoms with van der Waals surface area (Å²) in [6.07, 6.45) is 16.6. The van der Waals surface area contributed by atoms with Crippen molar-refractivity contribution in [2.45, 2.75) is 84.0 Å². The van der Waals surface area contributed by atoms with Crippen molar-refractivity contribution in [3.63, 3.8) is 0 Å². The van der Waals surface area contributed by atoms with Crippen molar-refractivity contribution in [1.82, 2.24) is 0 Å². The number of aromatic hydroxyl groups is 1. The minimum Gasteiger partial charge on any atom is -0.508 e. The van der Waals surface area contributed by atoms with E-state index in [-0.39, 0.29) is 0 Å². The largest absolute Gasteiger partial charge is 0.508 e. The lowest BCUT2D eigenvalue weighted by Crippen LogP contribution is -2.14. The average molecular weight is 303 g/mol. The maximum atomic E-state index is 9.78. The van der Waals surface area contributed by atoms with Gasteiger partial charge in [0.05, 0.1) is 0 Å². The van der Waals surface area contributed by atoms with Crippen LogP contribution in [0.3, 0.4) is 0 Å². The highest BCUT2D eigenvalue weighted by Gasteiger charge is 2.20. The third-order valence-corrected chi connectivity index (χ3v) is 5.48. The lowest BCUT2D eigenvalue weighted by Gasteiger charge is -2.28. The molecule has 0 unspecified atom stereocenters. The van der Waals surface area contributed by atoms with Crippen molar-refractivity contribution in [1.29, 1.82) is 0 Å². The summed E-state index contributed by atoms with van der Waals surface area (Å²) in [5.74, 6) is 2.48. The Kier molecular flexibility index (Phi) is 7.83. The minimum absolute atomic E-state index is 0.468. The highest BCUT2D eigenvalue weighted by atomic mass is 16.3. The molecular formula is C21H34O. The molecule has 0 bridgehead atoms. The number of benzene rings is 1. The van der Waals surface area contributed by atoms with E-state index in [9.17, 15) is 5.11 Å². The van der Waals surface area contributed by atoms with Gasteiger partial charge in [-0.2, -0.15) is 0 Å². The van der Waals surface area contributed by atoms with Crippen LogP contribution < -0.4 is 0 Å². The maximum Gasteiger partial charge on any atom is 0.118 e. The summed E-state index contributed by atoms with van der Waals surface area (Å²) < 4.78 is 0. The summed E-state index contributed by atoms with van der Waals surface area (Å²) >= 11 is 0. The van der Waals surface area contributed by atoms with Gasteiger partial charge in [-0.15, -0.1) is 0 Å². The maximum absolute atomic E-state index is 9.78. The monoisotopic (exact) mass is 302 g/mol. The van der Waals surface area contributed by atoms with Crippen LogP contribution in [0, 0.1) is 11.8 Å². The summed E-state index contributed by atoms with van der Waals surface area (Å²) in [7, 11) is 0. The molecule has 1 aliphatic rings. The molecule has 1 N–H and O–H groups in total. The van der Waals surface area contributed by atoms with Gasteiger partial charge in [-0.05, 0) is 36.3 Å². The predicted octanol–water partition coefficient (Wildman–Crippen LogP) is 6.49. The Morgan fingerprint density at radius 3 is 2.05 bits per heavy atom. The van der Waals surface area contributed by atoms with Crippen molar-refractivity contribution in [2.24, 2.45) is 11.8 Å². The fourth-order valence-corrected chi connectivity index (χ4v) is 3.96. The van der Waals surface area contributed by atoms with Crippen LogP contribution in [-0.2, 0) is 6.42 Å². The van der Waals surface area contributed by atoms with Gasteiger partial charge in [0.2, 0.25) is 0 Å². The molecule has 124 valence electrons. The Morgan fingerprint density at radius 2 is 1.45 bits per heavy atom. The number of hydrogen-bond acceptors (Lipinski definition) is 1. The Hall–Kier alpha value is -0.980. The van der Waals surface area contributed by atoms with Gasteiger partial charge in [0.25, 0.3) is 0 Å². The van der Waals surface area contributed by atoms with Crippen LogP contribution in [0.4, 0.5) is 0 Å². The fraction of sp³-hybridized carbons (Fsp3) is 0.714. The fourth-order valence-electron chi connectivity index (χ4n) is 3.96. The van der Waals surface area contributed by atoms with Gasteiger partial charge in [-0.1, -0.05) is 89.3 Å². The van der Waals surface area contributed by atoms with Crippen molar-refractivity contribution >= 4 is 0 Å². The van der Waals surface area contributed by atoms with Gasteiger partial charge >= 0.3 is 0 Å². The van der Waals surface area contributed by atoms with E-state index in [1.807, 2.05) is 12.1 Å². The van der Waals surface area contributed by atoms with E-state index in [2.05, 4.69) is 13.0 Å². The molecule has 0 heterocycles. The Balaban J connectivity index is 1.55. The quantitative estimate of drug-likeness (QED) is 0.517. The zero-order valence-corrected chi connectivity index (χ0v) is 14.4. The van der Waals surface area contributed by atoms with Crippen molar-refractivity contribution in [3.8, 4) is 5.75 Å². The third-order valence-electron chi connectivity index (χ3n) is 5.48. The first-order valence-electron chi connectivity index (χ1n) is 9.56. The standard InChI is InChI=1S/C21H34O/c1-2-3-4-9-18-14-16-19(17-15-18)10-5-6-11-20-12-7-8-13-21(20)22/h7-8,12-13,18-19,22H,2-6,9-11,14-17H2,1H3. The summed E-state index contributed by atoms with van der Waals surface area (Å²) in [6.45, 7) is 2.30. The van der Waals surface area contributed by atoms with E-state index in [4.69, 9.17) is 0 Å². The first-order valence-corrected chi connectivity index (χ1v) is 9.56. The molecule has 0 aliphatic heterocycles. The summed E-state index contributed by atoms with van der Waals surface area (Å²) in [5.41, 5.74) is 1.11. The first kappa shape index (κ1) is 17.4. The van der Waals surface area contributed by atoms with Crippen LogP contribution in [0.25, 0.3) is 0 Å². The number of aryl methyl sites for hydroxylation is 1. The Labute approximate surface area is 137 Å². The predicted molar refractivity (Wildman–Crippen MR) is 95.3 cm³/mol. The molecule has 0 atom stereocenters. The molecule has 0 saturated heterocycles. The zero-order valence-electron chi connectivity index (χ0n) is 14.4. The molecule has 0 aromatic heterocycles. The smallest absolute Gasteiger partial charge is 0.118 e. The lowest BCUT2D eigenvalue weighted by molar-refractivity contribution is 0.245. The van der Waals surface area contributed by atoms with Gasteiger partial charge in [-0.25, -0.2) is 0 Å². The molecule has 1 aromatic carbocycles. The number of para-hydroxylation sites is 1. The Morgan fingerprint density at radius 1 is 0.864 bits per heavy atom. The molecule has 0 amide bonds. The van der Waals surface area contributed by atoms with E-state index in [0.717, 1.165) is 23.8 Å². The van der Waals surface area contributed by atoms with E-state index in [1.54, 1.807) is 6.07 Å². The van der Waals surface area contributed by atoms with Crippen molar-refractivity contribution in [2.75, 3.05) is 0 Å². The highest BCUT2D eigenvalue weighted by molar-refractivity contribution is 5.31. The minimum atomic E-state index is 0.468. The molecule has 1 saturated carbocycles. The van der Waals surface area contributed by atoms with Crippen LogP contribution in [0.2, 0.25) is 0 Å². The number of rotatable bonds is 9. The molecular weight excluding hydrogens is 268 g/mol. The van der Waals surface area contributed by atoms with Gasteiger partial charge < -0.3 is 5.11 Å². The topological polar surface area (TPSA) is 20.2 Å².